The number of nitrogens with one attached hydrogen (secondary N) is 2. The van der Waals surface area contributed by atoms with Crippen LogP contribution < -0.4 is 10.6 Å². The molecule has 2 aromatic rings. The maximum Gasteiger partial charge on any atom is 0.276 e. The molecule has 3 N–H and O–H groups in total. The molecule has 0 fully saturated rings. The molecule has 0 spiro atoms. The lowest BCUT2D eigenvalue weighted by Crippen LogP contribution is -2.08. The summed E-state index contributed by atoms with van der Waals surface area (Å²) in [5.74, 6) is 1.12. The molecule has 0 amide bonds. The van der Waals surface area contributed by atoms with E-state index in [1.807, 2.05) is 12.1 Å². The first-order valence-corrected chi connectivity index (χ1v) is 6.44. The quantitative estimate of drug-likeness (QED) is 0.557. The van der Waals surface area contributed by atoms with Gasteiger partial charge in [0, 0.05) is 13.6 Å². The number of phenols is 1. The summed E-state index contributed by atoms with van der Waals surface area (Å²) < 4.78 is 0. The Kier molecular flexibility index (Phi) is 4.55. The van der Waals surface area contributed by atoms with E-state index < -0.39 is 4.92 Å². The summed E-state index contributed by atoms with van der Waals surface area (Å²) in [4.78, 5) is 14.6. The maximum atomic E-state index is 10.8. The molecule has 1 aromatic carbocycles. The molecule has 7 heteroatoms. The van der Waals surface area contributed by atoms with Crippen LogP contribution in [0.15, 0.2) is 36.4 Å². The van der Waals surface area contributed by atoms with Gasteiger partial charge in [0.2, 0.25) is 0 Å². The van der Waals surface area contributed by atoms with Gasteiger partial charge in [-0.1, -0.05) is 12.1 Å². The second kappa shape index (κ2) is 6.56. The fourth-order valence-electron chi connectivity index (χ4n) is 1.84. The molecule has 0 radical (unpaired) electrons. The van der Waals surface area contributed by atoms with E-state index in [1.54, 1.807) is 19.2 Å². The summed E-state index contributed by atoms with van der Waals surface area (Å²) >= 11 is 0. The van der Waals surface area contributed by atoms with Crippen molar-refractivity contribution in [2.24, 2.45) is 0 Å². The fraction of sp³-hybridized carbons (Fsp3) is 0.214. The fourth-order valence-corrected chi connectivity index (χ4v) is 1.84. The Morgan fingerprint density at radius 3 is 2.52 bits per heavy atom. The van der Waals surface area contributed by atoms with E-state index in [0.717, 1.165) is 12.0 Å². The molecule has 21 heavy (non-hydrogen) atoms. The van der Waals surface area contributed by atoms with Crippen LogP contribution in [-0.4, -0.2) is 28.6 Å². The molecule has 0 aliphatic carbocycles. The van der Waals surface area contributed by atoms with E-state index in [-0.39, 0.29) is 11.4 Å². The van der Waals surface area contributed by atoms with Crippen LogP contribution >= 0.6 is 0 Å². The predicted molar refractivity (Wildman–Crippen MR) is 80.7 cm³/mol. The van der Waals surface area contributed by atoms with Crippen molar-refractivity contribution in [3.63, 3.8) is 0 Å². The maximum absolute atomic E-state index is 10.8. The number of phenolic OH excluding ortho intramolecular Hbond substituents is 1. The highest BCUT2D eigenvalue weighted by Crippen LogP contribution is 2.20. The summed E-state index contributed by atoms with van der Waals surface area (Å²) in [6.45, 7) is 0.585. The Balaban J connectivity index is 2.00. The van der Waals surface area contributed by atoms with E-state index in [0.29, 0.717) is 18.2 Å². The third-order valence-corrected chi connectivity index (χ3v) is 2.93. The lowest BCUT2D eigenvalue weighted by Gasteiger charge is -2.08. The van der Waals surface area contributed by atoms with Crippen LogP contribution in [0.2, 0.25) is 0 Å². The van der Waals surface area contributed by atoms with Gasteiger partial charge in [-0.15, -0.1) is 0 Å². The minimum atomic E-state index is -0.451. The molecular weight excluding hydrogens is 272 g/mol. The lowest BCUT2D eigenvalue weighted by molar-refractivity contribution is -0.384. The van der Waals surface area contributed by atoms with E-state index in [9.17, 15) is 15.2 Å². The van der Waals surface area contributed by atoms with Gasteiger partial charge in [0.1, 0.15) is 17.4 Å². The first kappa shape index (κ1) is 14.6. The summed E-state index contributed by atoms with van der Waals surface area (Å²) in [6.07, 6.45) is 0.722. The number of rotatable bonds is 6. The van der Waals surface area contributed by atoms with Crippen LogP contribution in [0, 0.1) is 10.1 Å². The highest BCUT2D eigenvalue weighted by atomic mass is 16.6. The van der Waals surface area contributed by atoms with Crippen LogP contribution in [0.5, 0.6) is 5.75 Å². The standard InChI is InChI=1S/C14H16N4O3/c1-15-13-8-11(18(20)21)9-14(17-13)16-7-6-10-2-4-12(19)5-3-10/h2-5,8-9,19H,6-7H2,1H3,(H2,15,16,17). The van der Waals surface area contributed by atoms with E-state index in [1.165, 1.54) is 12.1 Å². The minimum absolute atomic E-state index is 0.0125. The zero-order chi connectivity index (χ0) is 15.2. The Bertz CT molecular complexity index is 629. The predicted octanol–water partition coefficient (Wildman–Crippen LogP) is 2.39. The van der Waals surface area contributed by atoms with E-state index in [2.05, 4.69) is 15.6 Å². The molecule has 7 nitrogen and oxygen atoms in total. The van der Waals surface area contributed by atoms with E-state index >= 15 is 0 Å². The van der Waals surface area contributed by atoms with Gasteiger partial charge in [0.25, 0.3) is 5.69 Å². The molecule has 0 unspecified atom stereocenters. The minimum Gasteiger partial charge on any atom is -0.508 e. The molecule has 2 rings (SSSR count). The number of aromatic hydroxyl groups is 1. The highest BCUT2D eigenvalue weighted by molar-refractivity contribution is 5.54. The number of nitro groups is 1. The molecule has 0 aliphatic heterocycles. The molecular formula is C14H16N4O3. The number of benzene rings is 1. The molecule has 0 aliphatic rings. The zero-order valence-electron chi connectivity index (χ0n) is 11.5. The molecule has 0 atom stereocenters. The SMILES string of the molecule is CNc1cc([N+](=O)[O-])cc(NCCc2ccc(O)cc2)n1. The second-order valence-corrected chi connectivity index (χ2v) is 4.45. The monoisotopic (exact) mass is 288 g/mol. The Morgan fingerprint density at radius 2 is 1.90 bits per heavy atom. The van der Waals surface area contributed by atoms with Crippen molar-refractivity contribution in [3.05, 3.63) is 52.1 Å². The van der Waals surface area contributed by atoms with Crippen LogP contribution in [0.25, 0.3) is 0 Å². The van der Waals surface area contributed by atoms with Crippen LogP contribution in [0.1, 0.15) is 5.56 Å². The summed E-state index contributed by atoms with van der Waals surface area (Å²) in [6, 6.07) is 9.69. The van der Waals surface area contributed by atoms with Crippen molar-refractivity contribution in [1.82, 2.24) is 4.98 Å². The zero-order valence-corrected chi connectivity index (χ0v) is 11.5. The number of aromatic nitrogens is 1. The first-order valence-electron chi connectivity index (χ1n) is 6.44. The smallest absolute Gasteiger partial charge is 0.276 e. The largest absolute Gasteiger partial charge is 0.508 e. The van der Waals surface area contributed by atoms with Gasteiger partial charge in [-0.25, -0.2) is 4.98 Å². The van der Waals surface area contributed by atoms with Gasteiger partial charge < -0.3 is 15.7 Å². The molecule has 1 aromatic heterocycles. The third-order valence-electron chi connectivity index (χ3n) is 2.93. The summed E-state index contributed by atoms with van der Waals surface area (Å²) in [5.41, 5.74) is 1.04. The van der Waals surface area contributed by atoms with Crippen molar-refractivity contribution in [3.8, 4) is 5.75 Å². The van der Waals surface area contributed by atoms with Gasteiger partial charge in [0.15, 0.2) is 0 Å². The first-order chi connectivity index (χ1) is 10.1. The Morgan fingerprint density at radius 1 is 1.24 bits per heavy atom. The van der Waals surface area contributed by atoms with Crippen molar-refractivity contribution < 1.29 is 10.0 Å². The molecule has 0 bridgehead atoms. The van der Waals surface area contributed by atoms with Crippen molar-refractivity contribution in [2.75, 3.05) is 24.2 Å². The summed E-state index contributed by atoms with van der Waals surface area (Å²) in [5, 5.41) is 25.9. The van der Waals surface area contributed by atoms with Crippen LogP contribution in [-0.2, 0) is 6.42 Å². The number of anilines is 2. The van der Waals surface area contributed by atoms with Crippen molar-refractivity contribution in [1.29, 1.82) is 0 Å². The molecule has 110 valence electrons. The average Bonchev–Trinajstić information content (AvgIpc) is 2.49. The number of hydrogen-bond donors (Lipinski definition) is 3. The average molecular weight is 288 g/mol. The van der Waals surface area contributed by atoms with Gasteiger partial charge in [-0.05, 0) is 24.1 Å². The van der Waals surface area contributed by atoms with E-state index in [4.69, 9.17) is 0 Å². The normalized spacial score (nSPS) is 10.1. The highest BCUT2D eigenvalue weighted by Gasteiger charge is 2.10. The second-order valence-electron chi connectivity index (χ2n) is 4.45. The molecule has 0 saturated heterocycles. The van der Waals surface area contributed by atoms with Crippen molar-refractivity contribution >= 4 is 17.3 Å². The Hall–Kier alpha value is -2.83. The van der Waals surface area contributed by atoms with Gasteiger partial charge in [-0.3, -0.25) is 10.1 Å². The van der Waals surface area contributed by atoms with Crippen LogP contribution in [0.3, 0.4) is 0 Å². The summed E-state index contributed by atoms with van der Waals surface area (Å²) in [7, 11) is 1.66. The molecule has 0 saturated carbocycles. The number of nitrogens with zero attached hydrogens (tertiary/aromatic N) is 2. The number of hydrogen-bond acceptors (Lipinski definition) is 6. The van der Waals surface area contributed by atoms with Gasteiger partial charge in [-0.2, -0.15) is 0 Å². The topological polar surface area (TPSA) is 100 Å². The van der Waals surface area contributed by atoms with Gasteiger partial charge in [0.05, 0.1) is 17.1 Å². The molecule has 1 heterocycles. The third kappa shape index (κ3) is 4.07. The van der Waals surface area contributed by atoms with Crippen molar-refractivity contribution in [2.45, 2.75) is 6.42 Å². The Labute approximate surface area is 121 Å². The lowest BCUT2D eigenvalue weighted by atomic mass is 10.1. The van der Waals surface area contributed by atoms with Gasteiger partial charge >= 0.3 is 0 Å². The number of pyridine rings is 1. The van der Waals surface area contributed by atoms with Crippen LogP contribution in [0.4, 0.5) is 17.3 Å².